The lowest BCUT2D eigenvalue weighted by Crippen LogP contribution is -2.28. The van der Waals surface area contributed by atoms with Crippen LogP contribution in [0.1, 0.15) is 35.7 Å². The molecule has 152 valence electrons. The summed E-state index contributed by atoms with van der Waals surface area (Å²) in [6.07, 6.45) is 6.06. The van der Waals surface area contributed by atoms with Crippen LogP contribution >= 0.6 is 11.8 Å². The lowest BCUT2D eigenvalue weighted by Gasteiger charge is -2.24. The summed E-state index contributed by atoms with van der Waals surface area (Å²) in [6.45, 7) is 4.54. The van der Waals surface area contributed by atoms with Crippen LogP contribution in [0.2, 0.25) is 0 Å². The number of fused-ring (bicyclic) bond motifs is 2. The van der Waals surface area contributed by atoms with Gasteiger partial charge in [0.25, 0.3) is 0 Å². The van der Waals surface area contributed by atoms with Crippen LogP contribution in [-0.2, 0) is 24.2 Å². The molecule has 0 atom stereocenters. The Morgan fingerprint density at radius 3 is 2.27 bits per heavy atom. The molecule has 30 heavy (non-hydrogen) atoms. The Labute approximate surface area is 180 Å². The number of nitrogens with zero attached hydrogens (tertiary/aromatic N) is 4. The van der Waals surface area contributed by atoms with Crippen LogP contribution in [-0.4, -0.2) is 26.4 Å². The zero-order chi connectivity index (χ0) is 20.5. The highest BCUT2D eigenvalue weighted by Crippen LogP contribution is 2.40. The maximum absolute atomic E-state index is 13.5. The molecule has 2 heterocycles. The highest BCUT2D eigenvalue weighted by atomic mass is 32.2. The number of aryl methyl sites for hydroxylation is 2. The first-order valence-electron chi connectivity index (χ1n) is 10.4. The Kier molecular flexibility index (Phi) is 5.17. The predicted octanol–water partition coefficient (Wildman–Crippen LogP) is 4.90. The van der Waals surface area contributed by atoms with E-state index >= 15 is 0 Å². The highest BCUT2D eigenvalue weighted by Gasteiger charge is 2.31. The van der Waals surface area contributed by atoms with Crippen molar-refractivity contribution in [1.82, 2.24) is 14.8 Å². The minimum Gasteiger partial charge on any atom is -0.302 e. The Morgan fingerprint density at radius 1 is 1.03 bits per heavy atom. The van der Waals surface area contributed by atoms with Crippen LogP contribution in [0.4, 0.5) is 11.4 Å². The quantitative estimate of drug-likeness (QED) is 0.424. The number of amides is 1. The van der Waals surface area contributed by atoms with E-state index in [4.69, 9.17) is 0 Å². The normalized spacial score (nSPS) is 15.3. The van der Waals surface area contributed by atoms with E-state index in [9.17, 15) is 4.79 Å². The topological polar surface area (TPSA) is 51.0 Å². The molecule has 1 aromatic heterocycles. The fourth-order valence-corrected chi connectivity index (χ4v) is 4.89. The molecule has 0 spiro atoms. The number of anilines is 2. The minimum absolute atomic E-state index is 0.0583. The third-order valence-electron chi connectivity index (χ3n) is 5.70. The number of hydrogen-bond donors (Lipinski definition) is 0. The van der Waals surface area contributed by atoms with Gasteiger partial charge >= 0.3 is 0 Å². The van der Waals surface area contributed by atoms with E-state index in [1.54, 1.807) is 0 Å². The highest BCUT2D eigenvalue weighted by molar-refractivity contribution is 7.99. The van der Waals surface area contributed by atoms with Gasteiger partial charge in [0.1, 0.15) is 5.82 Å². The van der Waals surface area contributed by atoms with Gasteiger partial charge in [-0.25, -0.2) is 0 Å². The van der Waals surface area contributed by atoms with Crippen LogP contribution in [0, 0.1) is 0 Å². The van der Waals surface area contributed by atoms with E-state index in [-0.39, 0.29) is 5.91 Å². The summed E-state index contributed by atoms with van der Waals surface area (Å²) in [5.41, 5.74) is 4.38. The number of para-hydroxylation sites is 2. The molecule has 5 rings (SSSR count). The van der Waals surface area contributed by atoms with Crippen LogP contribution in [0.25, 0.3) is 0 Å². The van der Waals surface area contributed by atoms with Crippen molar-refractivity contribution in [1.29, 1.82) is 0 Å². The number of carbonyl (C=O) groups is 1. The first kappa shape index (κ1) is 19.1. The van der Waals surface area contributed by atoms with E-state index in [0.717, 1.165) is 35.2 Å². The van der Waals surface area contributed by atoms with Gasteiger partial charge in [-0.05, 0) is 48.9 Å². The van der Waals surface area contributed by atoms with Crippen LogP contribution in [0.3, 0.4) is 0 Å². The molecule has 1 amide bonds. The number of carbonyl (C=O) groups excluding carboxylic acids is 1. The Balaban J connectivity index is 1.44. The largest absolute Gasteiger partial charge is 0.302 e. The average Bonchev–Trinajstić information content (AvgIpc) is 3.56. The second kappa shape index (κ2) is 8.11. The molecule has 0 N–H and O–H groups in total. The summed E-state index contributed by atoms with van der Waals surface area (Å²) in [6, 6.07) is 16.4. The zero-order valence-corrected chi connectivity index (χ0v) is 17.6. The Morgan fingerprint density at radius 2 is 1.67 bits per heavy atom. The monoisotopic (exact) mass is 416 g/mol. The van der Waals surface area contributed by atoms with Gasteiger partial charge in [0, 0.05) is 12.5 Å². The zero-order valence-electron chi connectivity index (χ0n) is 16.8. The molecule has 2 aromatic carbocycles. The van der Waals surface area contributed by atoms with Gasteiger partial charge in [-0.15, -0.1) is 16.8 Å². The first-order valence-corrected chi connectivity index (χ1v) is 11.4. The van der Waals surface area contributed by atoms with E-state index in [1.165, 1.54) is 35.7 Å². The number of allylic oxidation sites excluding steroid dienone is 1. The number of benzene rings is 2. The first-order chi connectivity index (χ1) is 14.8. The van der Waals surface area contributed by atoms with Crippen molar-refractivity contribution in [2.75, 3.05) is 10.7 Å². The second-order valence-electron chi connectivity index (χ2n) is 7.79. The lowest BCUT2D eigenvalue weighted by molar-refractivity contribution is -0.115. The summed E-state index contributed by atoms with van der Waals surface area (Å²) >= 11 is 1.46. The molecule has 1 aliphatic heterocycles. The number of rotatable bonds is 6. The molecule has 0 unspecified atom stereocenters. The number of hydrogen-bond acceptors (Lipinski definition) is 4. The van der Waals surface area contributed by atoms with Gasteiger partial charge in [-0.2, -0.15) is 0 Å². The van der Waals surface area contributed by atoms with Crippen molar-refractivity contribution < 1.29 is 4.79 Å². The molecule has 0 radical (unpaired) electrons. The molecule has 5 nitrogen and oxygen atoms in total. The maximum Gasteiger partial charge on any atom is 0.242 e. The van der Waals surface area contributed by atoms with Crippen LogP contribution in [0.15, 0.2) is 66.3 Å². The molecular weight excluding hydrogens is 392 g/mol. The summed E-state index contributed by atoms with van der Waals surface area (Å²) in [4.78, 5) is 15.4. The van der Waals surface area contributed by atoms with Crippen molar-refractivity contribution in [3.63, 3.8) is 0 Å². The van der Waals surface area contributed by atoms with Gasteiger partial charge in [-0.3, -0.25) is 9.69 Å². The average molecular weight is 417 g/mol. The minimum atomic E-state index is 0.0583. The standard InChI is InChI=1S/C24H24N4OS/c1-2-15-27-23(19-13-14-19)25-26-24(27)30-16-22(29)28-20-9-5-3-7-17(20)11-12-18-8-4-6-10-21(18)28/h2-10,19H,1,11-16H2. The lowest BCUT2D eigenvalue weighted by atomic mass is 10.0. The smallest absolute Gasteiger partial charge is 0.242 e. The summed E-state index contributed by atoms with van der Waals surface area (Å²) in [5, 5.41) is 9.56. The predicted molar refractivity (Wildman–Crippen MR) is 120 cm³/mol. The third-order valence-corrected chi connectivity index (χ3v) is 6.65. The van der Waals surface area contributed by atoms with Crippen LogP contribution < -0.4 is 4.90 Å². The van der Waals surface area contributed by atoms with Crippen molar-refractivity contribution in [3.05, 3.63) is 78.1 Å². The molecule has 0 bridgehead atoms. The molecular formula is C24H24N4OS. The van der Waals surface area contributed by atoms with Gasteiger partial charge < -0.3 is 4.57 Å². The van der Waals surface area contributed by atoms with Gasteiger partial charge in [-0.1, -0.05) is 54.2 Å². The number of aromatic nitrogens is 3. The van der Waals surface area contributed by atoms with Crippen LogP contribution in [0.5, 0.6) is 0 Å². The molecule has 1 saturated carbocycles. The van der Waals surface area contributed by atoms with E-state index in [0.29, 0.717) is 18.2 Å². The number of thioether (sulfide) groups is 1. The summed E-state index contributed by atoms with van der Waals surface area (Å²) in [5.74, 6) is 1.90. The Hall–Kier alpha value is -2.86. The van der Waals surface area contributed by atoms with Gasteiger partial charge in [0.05, 0.1) is 17.1 Å². The Bertz CT molecular complexity index is 1050. The fraction of sp³-hybridized carbons (Fsp3) is 0.292. The molecule has 6 heteroatoms. The van der Waals surface area contributed by atoms with Crippen molar-refractivity contribution in [2.24, 2.45) is 0 Å². The van der Waals surface area contributed by atoms with Gasteiger partial charge in [0.15, 0.2) is 5.16 Å². The van der Waals surface area contributed by atoms with E-state index in [2.05, 4.69) is 33.5 Å². The van der Waals surface area contributed by atoms with Gasteiger partial charge in [0.2, 0.25) is 5.91 Å². The molecule has 1 fully saturated rings. The van der Waals surface area contributed by atoms with E-state index in [1.807, 2.05) is 47.4 Å². The van der Waals surface area contributed by atoms with Crippen molar-refractivity contribution >= 4 is 29.0 Å². The second-order valence-corrected chi connectivity index (χ2v) is 8.73. The fourth-order valence-electron chi connectivity index (χ4n) is 4.09. The molecule has 3 aromatic rings. The van der Waals surface area contributed by atoms with E-state index < -0.39 is 0 Å². The molecule has 2 aliphatic rings. The maximum atomic E-state index is 13.5. The SMILES string of the molecule is C=CCn1c(SCC(=O)N2c3ccccc3CCc3ccccc32)nnc1C1CC1. The molecule has 1 aliphatic carbocycles. The summed E-state index contributed by atoms with van der Waals surface area (Å²) in [7, 11) is 0. The third kappa shape index (κ3) is 3.56. The van der Waals surface area contributed by atoms with Crippen molar-refractivity contribution in [2.45, 2.75) is 43.3 Å². The summed E-state index contributed by atoms with van der Waals surface area (Å²) < 4.78 is 2.10. The molecule has 0 saturated heterocycles. The van der Waals surface area contributed by atoms with Crippen molar-refractivity contribution in [3.8, 4) is 0 Å².